The van der Waals surface area contributed by atoms with Gasteiger partial charge in [-0.3, -0.25) is 0 Å². The molecule has 0 spiro atoms. The Kier molecular flexibility index (Phi) is 4.26. The van der Waals surface area contributed by atoms with Crippen LogP contribution < -0.4 is 4.74 Å². The summed E-state index contributed by atoms with van der Waals surface area (Å²) in [5, 5.41) is 10.6. The third-order valence-electron chi connectivity index (χ3n) is 5.00. The van der Waals surface area contributed by atoms with E-state index in [2.05, 4.69) is 19.9 Å². The molecule has 116 valence electrons. The van der Waals surface area contributed by atoms with Crippen LogP contribution in [0.2, 0.25) is 0 Å². The van der Waals surface area contributed by atoms with Gasteiger partial charge >= 0.3 is 0 Å². The lowest BCUT2D eigenvalue weighted by Crippen LogP contribution is -2.24. The zero-order chi connectivity index (χ0) is 14.9. The maximum absolute atomic E-state index is 10.6. The maximum Gasteiger partial charge on any atom is 0.123 e. The lowest BCUT2D eigenvalue weighted by molar-refractivity contribution is 0.138. The molecule has 2 aliphatic rings. The molecular formula is C19H28O2. The Morgan fingerprint density at radius 3 is 2.62 bits per heavy atom. The highest BCUT2D eigenvalue weighted by Crippen LogP contribution is 2.38. The highest BCUT2D eigenvalue weighted by Gasteiger charge is 2.30. The van der Waals surface area contributed by atoms with Crippen LogP contribution in [0.15, 0.2) is 18.2 Å². The minimum absolute atomic E-state index is 0.104. The van der Waals surface area contributed by atoms with Crippen LogP contribution in [-0.4, -0.2) is 10.7 Å². The number of aliphatic hydroxyl groups excluding tert-OH is 1. The molecule has 1 aliphatic carbocycles. The molecule has 1 unspecified atom stereocenters. The first-order chi connectivity index (χ1) is 10.0. The molecule has 1 aromatic carbocycles. The molecule has 1 heterocycles. The van der Waals surface area contributed by atoms with Gasteiger partial charge < -0.3 is 9.84 Å². The van der Waals surface area contributed by atoms with E-state index in [1.54, 1.807) is 0 Å². The molecule has 3 rings (SSSR count). The topological polar surface area (TPSA) is 29.5 Å². The van der Waals surface area contributed by atoms with E-state index >= 15 is 0 Å². The third-order valence-corrected chi connectivity index (χ3v) is 5.00. The molecule has 1 saturated carbocycles. The van der Waals surface area contributed by atoms with E-state index in [0.717, 1.165) is 24.2 Å². The first kappa shape index (κ1) is 14.9. The van der Waals surface area contributed by atoms with E-state index in [-0.39, 0.29) is 11.7 Å². The van der Waals surface area contributed by atoms with Crippen molar-refractivity contribution in [3.05, 3.63) is 29.3 Å². The molecule has 0 saturated heterocycles. The summed E-state index contributed by atoms with van der Waals surface area (Å²) in [6.07, 6.45) is 9.54. The highest BCUT2D eigenvalue weighted by molar-refractivity contribution is 5.42. The van der Waals surface area contributed by atoms with Crippen LogP contribution in [0.4, 0.5) is 0 Å². The Morgan fingerprint density at radius 2 is 1.90 bits per heavy atom. The second kappa shape index (κ2) is 6.00. The minimum atomic E-state index is -0.317. The Balaban J connectivity index is 1.67. The summed E-state index contributed by atoms with van der Waals surface area (Å²) in [5.74, 6) is 1.69. The Hall–Kier alpha value is -1.02. The summed E-state index contributed by atoms with van der Waals surface area (Å²) in [6.45, 7) is 4.24. The van der Waals surface area contributed by atoms with Crippen molar-refractivity contribution in [2.45, 2.75) is 76.9 Å². The Labute approximate surface area is 128 Å². The SMILES string of the molecule is CC1(C)Cc2cc(C(O)CC3CCCCCC3)ccc2O1. The predicted molar refractivity (Wildman–Crippen MR) is 85.6 cm³/mol. The van der Waals surface area contributed by atoms with Crippen molar-refractivity contribution < 1.29 is 9.84 Å². The van der Waals surface area contributed by atoms with Gasteiger partial charge in [0.2, 0.25) is 0 Å². The van der Waals surface area contributed by atoms with Crippen molar-refractivity contribution >= 4 is 0 Å². The zero-order valence-electron chi connectivity index (χ0n) is 13.4. The fourth-order valence-corrected chi connectivity index (χ4v) is 3.89. The van der Waals surface area contributed by atoms with Crippen LogP contribution in [-0.2, 0) is 6.42 Å². The number of benzene rings is 1. The Morgan fingerprint density at radius 1 is 1.19 bits per heavy atom. The van der Waals surface area contributed by atoms with Crippen LogP contribution in [0.25, 0.3) is 0 Å². The molecule has 0 aromatic heterocycles. The van der Waals surface area contributed by atoms with E-state index in [9.17, 15) is 5.11 Å². The molecule has 1 aromatic rings. The van der Waals surface area contributed by atoms with E-state index in [0.29, 0.717) is 5.92 Å². The summed E-state index contributed by atoms with van der Waals surface area (Å²) in [7, 11) is 0. The number of ether oxygens (including phenoxy) is 1. The summed E-state index contributed by atoms with van der Waals surface area (Å²) >= 11 is 0. The Bertz CT molecular complexity index is 484. The number of rotatable bonds is 3. The first-order valence-electron chi connectivity index (χ1n) is 8.53. The quantitative estimate of drug-likeness (QED) is 0.810. The smallest absolute Gasteiger partial charge is 0.123 e. The van der Waals surface area contributed by atoms with Crippen molar-refractivity contribution in [3.8, 4) is 5.75 Å². The molecule has 2 heteroatoms. The molecule has 0 amide bonds. The van der Waals surface area contributed by atoms with Gasteiger partial charge in [0.05, 0.1) is 6.10 Å². The van der Waals surface area contributed by atoms with E-state index < -0.39 is 0 Å². The summed E-state index contributed by atoms with van der Waals surface area (Å²) in [4.78, 5) is 0. The zero-order valence-corrected chi connectivity index (χ0v) is 13.4. The molecule has 0 bridgehead atoms. The predicted octanol–water partition coefficient (Wildman–Crippen LogP) is 4.79. The van der Waals surface area contributed by atoms with Gasteiger partial charge in [0.1, 0.15) is 11.4 Å². The molecule has 1 aliphatic heterocycles. The second-order valence-corrected chi connectivity index (χ2v) is 7.51. The number of hydrogen-bond donors (Lipinski definition) is 1. The lowest BCUT2D eigenvalue weighted by Gasteiger charge is -2.19. The van der Waals surface area contributed by atoms with E-state index in [4.69, 9.17) is 4.74 Å². The average molecular weight is 288 g/mol. The van der Waals surface area contributed by atoms with Crippen molar-refractivity contribution in [3.63, 3.8) is 0 Å². The third kappa shape index (κ3) is 3.60. The van der Waals surface area contributed by atoms with Crippen LogP contribution in [0.5, 0.6) is 5.75 Å². The van der Waals surface area contributed by atoms with Crippen LogP contribution in [0.3, 0.4) is 0 Å². The van der Waals surface area contributed by atoms with Gasteiger partial charge in [-0.05, 0) is 49.4 Å². The van der Waals surface area contributed by atoms with Gasteiger partial charge in [0, 0.05) is 6.42 Å². The molecule has 0 radical (unpaired) electrons. The van der Waals surface area contributed by atoms with Crippen molar-refractivity contribution in [1.29, 1.82) is 0 Å². The monoisotopic (exact) mass is 288 g/mol. The summed E-state index contributed by atoms with van der Waals surface area (Å²) < 4.78 is 5.91. The number of fused-ring (bicyclic) bond motifs is 1. The van der Waals surface area contributed by atoms with E-state index in [1.807, 2.05) is 12.1 Å². The van der Waals surface area contributed by atoms with Gasteiger partial charge in [-0.2, -0.15) is 0 Å². The van der Waals surface area contributed by atoms with Gasteiger partial charge in [0.25, 0.3) is 0 Å². The van der Waals surface area contributed by atoms with Crippen LogP contribution in [0, 0.1) is 5.92 Å². The summed E-state index contributed by atoms with van der Waals surface area (Å²) in [6, 6.07) is 6.24. The lowest BCUT2D eigenvalue weighted by atomic mass is 9.90. The second-order valence-electron chi connectivity index (χ2n) is 7.51. The normalized spacial score (nSPS) is 23.2. The number of aliphatic hydroxyl groups is 1. The van der Waals surface area contributed by atoms with Gasteiger partial charge in [0.15, 0.2) is 0 Å². The molecule has 21 heavy (non-hydrogen) atoms. The van der Waals surface area contributed by atoms with Crippen LogP contribution >= 0.6 is 0 Å². The average Bonchev–Trinajstić information content (AvgIpc) is 2.60. The van der Waals surface area contributed by atoms with Crippen molar-refractivity contribution in [2.75, 3.05) is 0 Å². The van der Waals surface area contributed by atoms with Gasteiger partial charge in [-0.1, -0.05) is 44.6 Å². The van der Waals surface area contributed by atoms with Crippen molar-refractivity contribution in [1.82, 2.24) is 0 Å². The fourth-order valence-electron chi connectivity index (χ4n) is 3.89. The van der Waals surface area contributed by atoms with Gasteiger partial charge in [-0.25, -0.2) is 0 Å². The molecule has 1 atom stereocenters. The number of hydrogen-bond acceptors (Lipinski definition) is 2. The molecular weight excluding hydrogens is 260 g/mol. The fraction of sp³-hybridized carbons (Fsp3) is 0.684. The molecule has 1 N–H and O–H groups in total. The maximum atomic E-state index is 10.6. The van der Waals surface area contributed by atoms with E-state index in [1.165, 1.54) is 44.1 Å². The standard InChI is InChI=1S/C19H28O2/c1-19(2)13-16-12-15(9-10-18(16)21-19)17(20)11-14-7-5-3-4-6-8-14/h9-10,12,14,17,20H,3-8,11,13H2,1-2H3. The minimum Gasteiger partial charge on any atom is -0.487 e. The first-order valence-corrected chi connectivity index (χ1v) is 8.53. The van der Waals surface area contributed by atoms with Gasteiger partial charge in [-0.15, -0.1) is 0 Å². The molecule has 1 fully saturated rings. The van der Waals surface area contributed by atoms with Crippen molar-refractivity contribution in [2.24, 2.45) is 5.92 Å². The van der Waals surface area contributed by atoms with Crippen LogP contribution in [0.1, 0.15) is 76.0 Å². The summed E-state index contributed by atoms with van der Waals surface area (Å²) in [5.41, 5.74) is 2.21. The molecule has 2 nitrogen and oxygen atoms in total. The highest BCUT2D eigenvalue weighted by atomic mass is 16.5. The largest absolute Gasteiger partial charge is 0.487 e.